The van der Waals surface area contributed by atoms with Gasteiger partial charge in [-0.25, -0.2) is 0 Å². The molecule has 2 unspecified atom stereocenters. The smallest absolute Gasteiger partial charge is 0.124 e. The molecule has 2 heterocycles. The van der Waals surface area contributed by atoms with E-state index in [0.29, 0.717) is 6.04 Å². The van der Waals surface area contributed by atoms with Crippen LogP contribution in [0.15, 0.2) is 48.8 Å². The average Bonchev–Trinajstić information content (AvgIpc) is 2.48. The van der Waals surface area contributed by atoms with E-state index in [1.54, 1.807) is 6.20 Å². The van der Waals surface area contributed by atoms with Crippen LogP contribution in [0, 0.1) is 0 Å². The summed E-state index contributed by atoms with van der Waals surface area (Å²) in [5, 5.41) is 3.67. The van der Waals surface area contributed by atoms with Gasteiger partial charge in [-0.15, -0.1) is 0 Å². The largest absolute Gasteiger partial charge is 0.493 e. The number of para-hydroxylation sites is 1. The number of nitrogens with one attached hydrogen (secondary N) is 1. The van der Waals surface area contributed by atoms with Crippen molar-refractivity contribution in [2.75, 3.05) is 6.61 Å². The summed E-state index contributed by atoms with van der Waals surface area (Å²) < 4.78 is 5.69. The molecule has 1 aliphatic heterocycles. The second-order valence-corrected chi connectivity index (χ2v) is 4.90. The van der Waals surface area contributed by atoms with Gasteiger partial charge in [0.1, 0.15) is 5.75 Å². The van der Waals surface area contributed by atoms with Crippen LogP contribution in [0.25, 0.3) is 0 Å². The molecule has 0 aliphatic carbocycles. The fraction of sp³-hybridized carbons (Fsp3) is 0.312. The molecule has 19 heavy (non-hydrogen) atoms. The molecule has 0 radical (unpaired) electrons. The van der Waals surface area contributed by atoms with Crippen LogP contribution in [0.5, 0.6) is 5.75 Å². The van der Waals surface area contributed by atoms with Crippen molar-refractivity contribution in [3.63, 3.8) is 0 Å². The second kappa shape index (κ2) is 5.41. The van der Waals surface area contributed by atoms with Gasteiger partial charge in [-0.3, -0.25) is 4.98 Å². The Morgan fingerprint density at radius 1 is 1.26 bits per heavy atom. The van der Waals surface area contributed by atoms with E-state index in [4.69, 9.17) is 4.74 Å². The zero-order valence-corrected chi connectivity index (χ0v) is 11.0. The van der Waals surface area contributed by atoms with Crippen molar-refractivity contribution in [1.82, 2.24) is 10.3 Å². The highest BCUT2D eigenvalue weighted by molar-refractivity contribution is 5.37. The molecule has 1 aliphatic rings. The Morgan fingerprint density at radius 2 is 2.16 bits per heavy atom. The van der Waals surface area contributed by atoms with Crippen LogP contribution in [0.2, 0.25) is 0 Å². The van der Waals surface area contributed by atoms with Crippen LogP contribution in [0.4, 0.5) is 0 Å². The lowest BCUT2D eigenvalue weighted by Crippen LogP contribution is -2.29. The average molecular weight is 254 g/mol. The van der Waals surface area contributed by atoms with Crippen molar-refractivity contribution >= 4 is 0 Å². The van der Waals surface area contributed by atoms with E-state index in [1.807, 2.05) is 24.4 Å². The molecule has 0 saturated heterocycles. The molecule has 2 aromatic rings. The van der Waals surface area contributed by atoms with Crippen LogP contribution in [0.1, 0.15) is 36.6 Å². The van der Waals surface area contributed by atoms with Crippen molar-refractivity contribution < 1.29 is 4.74 Å². The third-order valence-corrected chi connectivity index (χ3v) is 3.59. The summed E-state index contributed by atoms with van der Waals surface area (Å²) in [4.78, 5) is 4.18. The predicted octanol–water partition coefficient (Wildman–Crippen LogP) is 3.26. The standard InChI is InChI=1S/C16H18N2O/c1-12(13-5-4-9-17-11-13)18-15-8-10-19-16-7-3-2-6-14(15)16/h2-7,9,11-12,15,18H,8,10H2,1H3. The van der Waals surface area contributed by atoms with Gasteiger partial charge in [-0.1, -0.05) is 24.3 Å². The first kappa shape index (κ1) is 12.2. The third-order valence-electron chi connectivity index (χ3n) is 3.59. The number of hydrogen-bond donors (Lipinski definition) is 1. The summed E-state index contributed by atoms with van der Waals surface area (Å²) in [6.45, 7) is 2.95. The lowest BCUT2D eigenvalue weighted by Gasteiger charge is -2.29. The quantitative estimate of drug-likeness (QED) is 0.913. The molecular formula is C16H18N2O. The molecule has 3 heteroatoms. The Labute approximate surface area is 113 Å². The van der Waals surface area contributed by atoms with Crippen molar-refractivity contribution in [3.05, 3.63) is 59.9 Å². The van der Waals surface area contributed by atoms with Crippen LogP contribution < -0.4 is 10.1 Å². The molecule has 1 N–H and O–H groups in total. The van der Waals surface area contributed by atoms with Gasteiger partial charge >= 0.3 is 0 Å². The Bertz CT molecular complexity index is 541. The van der Waals surface area contributed by atoms with Crippen molar-refractivity contribution in [2.24, 2.45) is 0 Å². The minimum Gasteiger partial charge on any atom is -0.493 e. The van der Waals surface area contributed by atoms with Crippen LogP contribution in [-0.2, 0) is 0 Å². The molecular weight excluding hydrogens is 236 g/mol. The van der Waals surface area contributed by atoms with Crippen LogP contribution in [0.3, 0.4) is 0 Å². The van der Waals surface area contributed by atoms with E-state index in [-0.39, 0.29) is 6.04 Å². The minimum absolute atomic E-state index is 0.282. The number of pyridine rings is 1. The number of aromatic nitrogens is 1. The molecule has 2 atom stereocenters. The highest BCUT2D eigenvalue weighted by Gasteiger charge is 2.22. The van der Waals surface area contributed by atoms with E-state index < -0.39 is 0 Å². The van der Waals surface area contributed by atoms with Gasteiger partial charge in [0.05, 0.1) is 6.61 Å². The lowest BCUT2D eigenvalue weighted by molar-refractivity contribution is 0.246. The number of rotatable bonds is 3. The fourth-order valence-corrected chi connectivity index (χ4v) is 2.55. The first-order chi connectivity index (χ1) is 9.34. The molecule has 0 saturated carbocycles. The Morgan fingerprint density at radius 3 is 3.00 bits per heavy atom. The van der Waals surface area contributed by atoms with Crippen LogP contribution >= 0.6 is 0 Å². The Hall–Kier alpha value is -1.87. The first-order valence-electron chi connectivity index (χ1n) is 6.72. The van der Waals surface area contributed by atoms with Crippen molar-refractivity contribution in [3.8, 4) is 5.75 Å². The molecule has 3 nitrogen and oxygen atoms in total. The summed E-state index contributed by atoms with van der Waals surface area (Å²) in [6, 6.07) is 13.0. The van der Waals surface area contributed by atoms with E-state index >= 15 is 0 Å². The number of ether oxygens (including phenoxy) is 1. The van der Waals surface area contributed by atoms with Gasteiger partial charge in [-0.2, -0.15) is 0 Å². The SMILES string of the molecule is CC(NC1CCOc2ccccc21)c1cccnc1. The van der Waals surface area contributed by atoms with E-state index in [9.17, 15) is 0 Å². The zero-order valence-electron chi connectivity index (χ0n) is 11.0. The molecule has 1 aromatic heterocycles. The Balaban J connectivity index is 1.78. The number of nitrogens with zero attached hydrogens (tertiary/aromatic N) is 1. The zero-order chi connectivity index (χ0) is 13.1. The summed E-state index contributed by atoms with van der Waals surface area (Å²) in [7, 11) is 0. The maximum absolute atomic E-state index is 5.69. The lowest BCUT2D eigenvalue weighted by atomic mass is 9.99. The van der Waals surface area contributed by atoms with Crippen molar-refractivity contribution in [2.45, 2.75) is 25.4 Å². The Kier molecular flexibility index (Phi) is 3.47. The van der Waals surface area contributed by atoms with Crippen LogP contribution in [-0.4, -0.2) is 11.6 Å². The van der Waals surface area contributed by atoms with Gasteiger partial charge in [-0.05, 0) is 24.6 Å². The summed E-state index contributed by atoms with van der Waals surface area (Å²) in [5.41, 5.74) is 2.47. The fourth-order valence-electron chi connectivity index (χ4n) is 2.55. The molecule has 0 fully saturated rings. The second-order valence-electron chi connectivity index (χ2n) is 4.90. The van der Waals surface area contributed by atoms with Crippen molar-refractivity contribution in [1.29, 1.82) is 0 Å². The van der Waals surface area contributed by atoms with E-state index in [0.717, 1.165) is 18.8 Å². The molecule has 1 aromatic carbocycles. The van der Waals surface area contributed by atoms with Gasteiger partial charge in [0.2, 0.25) is 0 Å². The highest BCUT2D eigenvalue weighted by Crippen LogP contribution is 2.33. The normalized spacial score (nSPS) is 19.3. The highest BCUT2D eigenvalue weighted by atomic mass is 16.5. The predicted molar refractivity (Wildman–Crippen MR) is 75.1 cm³/mol. The maximum atomic E-state index is 5.69. The minimum atomic E-state index is 0.282. The molecule has 0 spiro atoms. The monoisotopic (exact) mass is 254 g/mol. The summed E-state index contributed by atoms with van der Waals surface area (Å²) in [5.74, 6) is 1.00. The van der Waals surface area contributed by atoms with Gasteiger partial charge < -0.3 is 10.1 Å². The maximum Gasteiger partial charge on any atom is 0.124 e. The molecule has 98 valence electrons. The van der Waals surface area contributed by atoms with E-state index in [1.165, 1.54) is 11.1 Å². The number of fused-ring (bicyclic) bond motifs is 1. The van der Waals surface area contributed by atoms with Gasteiger partial charge in [0.25, 0.3) is 0 Å². The molecule has 3 rings (SSSR count). The molecule has 0 bridgehead atoms. The molecule has 0 amide bonds. The first-order valence-corrected chi connectivity index (χ1v) is 6.72. The summed E-state index contributed by atoms with van der Waals surface area (Å²) in [6.07, 6.45) is 4.73. The topological polar surface area (TPSA) is 34.1 Å². The summed E-state index contributed by atoms with van der Waals surface area (Å²) >= 11 is 0. The third kappa shape index (κ3) is 2.61. The number of benzene rings is 1. The van der Waals surface area contributed by atoms with Gasteiger partial charge in [0.15, 0.2) is 0 Å². The van der Waals surface area contributed by atoms with Gasteiger partial charge in [0, 0.05) is 36.5 Å². The number of hydrogen-bond acceptors (Lipinski definition) is 3. The van der Waals surface area contributed by atoms with E-state index in [2.05, 4.69) is 35.4 Å².